The maximum absolute atomic E-state index is 11.0. The van der Waals surface area contributed by atoms with Crippen molar-refractivity contribution in [2.24, 2.45) is 0 Å². The summed E-state index contributed by atoms with van der Waals surface area (Å²) in [5.74, 6) is -1.06. The molecule has 0 rings (SSSR count). The number of carbonyl (C=O) groups is 2. The zero-order valence-corrected chi connectivity index (χ0v) is 10.1. The molecule has 17 heavy (non-hydrogen) atoms. The van der Waals surface area contributed by atoms with Crippen LogP contribution in [0.1, 0.15) is 13.3 Å². The van der Waals surface area contributed by atoms with E-state index in [4.69, 9.17) is 4.74 Å². The maximum atomic E-state index is 11.0. The van der Waals surface area contributed by atoms with Gasteiger partial charge in [-0.15, -0.1) is 0 Å². The lowest BCUT2D eigenvalue weighted by molar-refractivity contribution is -0.151. The monoisotopic (exact) mass is 246 g/mol. The molecule has 1 N–H and O–H groups in total. The fourth-order valence-electron chi connectivity index (χ4n) is 0.790. The van der Waals surface area contributed by atoms with Crippen LogP contribution in [0.4, 0.5) is 0 Å². The second kappa shape index (κ2) is 8.72. The smallest absolute Gasteiger partial charge is 0.333 e. The largest absolute Gasteiger partial charge is 0.463 e. The summed E-state index contributed by atoms with van der Waals surface area (Å²) in [7, 11) is 1.47. The molecule has 0 radical (unpaired) electrons. The van der Waals surface area contributed by atoms with Gasteiger partial charge in [-0.3, -0.25) is 4.79 Å². The van der Waals surface area contributed by atoms with E-state index < -0.39 is 18.0 Å². The Labute approximate surface area is 100 Å². The lowest BCUT2D eigenvalue weighted by Crippen LogP contribution is -2.25. The van der Waals surface area contributed by atoms with E-state index in [2.05, 4.69) is 16.1 Å². The second-order valence-electron chi connectivity index (χ2n) is 3.46. The molecular formula is C11H18O6. The van der Waals surface area contributed by atoms with E-state index in [9.17, 15) is 14.7 Å². The van der Waals surface area contributed by atoms with Crippen LogP contribution in [0.3, 0.4) is 0 Å². The van der Waals surface area contributed by atoms with Gasteiger partial charge in [0.2, 0.25) is 0 Å². The van der Waals surface area contributed by atoms with Gasteiger partial charge in [-0.25, -0.2) is 4.79 Å². The summed E-state index contributed by atoms with van der Waals surface area (Å²) in [6, 6.07) is 0. The first kappa shape index (κ1) is 15.6. The van der Waals surface area contributed by atoms with Gasteiger partial charge in [0, 0.05) is 12.7 Å². The summed E-state index contributed by atoms with van der Waals surface area (Å²) in [5.41, 5.74) is 0.245. The van der Waals surface area contributed by atoms with Gasteiger partial charge in [-0.05, 0) is 6.92 Å². The van der Waals surface area contributed by atoms with Crippen molar-refractivity contribution in [3.05, 3.63) is 12.2 Å². The third-order valence-electron chi connectivity index (χ3n) is 1.70. The molecule has 0 spiro atoms. The van der Waals surface area contributed by atoms with Crippen molar-refractivity contribution in [3.8, 4) is 0 Å². The Morgan fingerprint density at radius 3 is 2.41 bits per heavy atom. The van der Waals surface area contributed by atoms with E-state index in [0.717, 1.165) is 0 Å². The minimum atomic E-state index is -1.04. The van der Waals surface area contributed by atoms with Crippen molar-refractivity contribution in [3.63, 3.8) is 0 Å². The van der Waals surface area contributed by atoms with Crippen molar-refractivity contribution in [1.82, 2.24) is 0 Å². The van der Waals surface area contributed by atoms with Crippen molar-refractivity contribution in [2.45, 2.75) is 19.4 Å². The zero-order valence-electron chi connectivity index (χ0n) is 10.1. The van der Waals surface area contributed by atoms with E-state index in [1.807, 2.05) is 0 Å². The van der Waals surface area contributed by atoms with Gasteiger partial charge in [0.25, 0.3) is 0 Å². The van der Waals surface area contributed by atoms with Gasteiger partial charge < -0.3 is 19.3 Å². The van der Waals surface area contributed by atoms with Gasteiger partial charge >= 0.3 is 11.9 Å². The minimum absolute atomic E-state index is 0.120. The van der Waals surface area contributed by atoms with E-state index in [1.54, 1.807) is 0 Å². The summed E-state index contributed by atoms with van der Waals surface area (Å²) in [4.78, 5) is 22.0. The molecule has 0 saturated carbocycles. The Morgan fingerprint density at radius 1 is 1.29 bits per heavy atom. The molecular weight excluding hydrogens is 228 g/mol. The third-order valence-corrected chi connectivity index (χ3v) is 1.70. The first-order valence-corrected chi connectivity index (χ1v) is 5.12. The van der Waals surface area contributed by atoms with Crippen molar-refractivity contribution >= 4 is 11.9 Å². The highest BCUT2D eigenvalue weighted by atomic mass is 16.6. The van der Waals surface area contributed by atoms with Gasteiger partial charge in [-0.1, -0.05) is 6.58 Å². The standard InChI is InChI=1S/C11H18O6/c1-8(2)11(14)17-7-9(12)6-16-10(13)4-5-15-3/h9,12H,1,4-7H2,2-3H3. The summed E-state index contributed by atoms with van der Waals surface area (Å²) in [6.07, 6.45) is -0.917. The molecule has 0 aromatic rings. The minimum Gasteiger partial charge on any atom is -0.463 e. The number of hydrogen-bond donors (Lipinski definition) is 1. The number of carbonyl (C=O) groups excluding carboxylic acids is 2. The highest BCUT2D eigenvalue weighted by Crippen LogP contribution is 1.96. The molecule has 0 saturated heterocycles. The Hall–Kier alpha value is -1.40. The summed E-state index contributed by atoms with van der Waals surface area (Å²) in [5, 5.41) is 9.34. The van der Waals surface area contributed by atoms with Gasteiger partial charge in [0.1, 0.15) is 19.3 Å². The van der Waals surface area contributed by atoms with Crippen LogP contribution < -0.4 is 0 Å². The van der Waals surface area contributed by atoms with Crippen molar-refractivity contribution in [2.75, 3.05) is 26.9 Å². The zero-order chi connectivity index (χ0) is 13.3. The molecule has 1 unspecified atom stereocenters. The van der Waals surface area contributed by atoms with Crippen LogP contribution in [0.2, 0.25) is 0 Å². The first-order chi connectivity index (χ1) is 7.97. The van der Waals surface area contributed by atoms with Gasteiger partial charge in [-0.2, -0.15) is 0 Å². The Kier molecular flexibility index (Phi) is 8.00. The SMILES string of the molecule is C=C(C)C(=O)OCC(O)COC(=O)CCOC. The fourth-order valence-corrected chi connectivity index (χ4v) is 0.790. The predicted octanol–water partition coefficient (Wildman–Crippen LogP) is 0.0463. The predicted molar refractivity (Wildman–Crippen MR) is 59.2 cm³/mol. The highest BCUT2D eigenvalue weighted by molar-refractivity contribution is 5.86. The molecule has 0 bridgehead atoms. The molecule has 6 nitrogen and oxygen atoms in total. The van der Waals surface area contributed by atoms with Crippen LogP contribution in [0, 0.1) is 0 Å². The molecule has 0 heterocycles. The lowest BCUT2D eigenvalue weighted by atomic mass is 10.3. The van der Waals surface area contributed by atoms with Crippen LogP contribution >= 0.6 is 0 Å². The molecule has 1 atom stereocenters. The van der Waals surface area contributed by atoms with Crippen LogP contribution in [0.25, 0.3) is 0 Å². The molecule has 0 amide bonds. The van der Waals surface area contributed by atoms with Crippen LogP contribution in [-0.4, -0.2) is 50.1 Å². The van der Waals surface area contributed by atoms with Gasteiger partial charge in [0.15, 0.2) is 0 Å². The quantitative estimate of drug-likeness (QED) is 0.481. The lowest BCUT2D eigenvalue weighted by Gasteiger charge is -2.11. The summed E-state index contributed by atoms with van der Waals surface area (Å²) < 4.78 is 14.1. The molecule has 0 aromatic heterocycles. The summed E-state index contributed by atoms with van der Waals surface area (Å²) in [6.45, 7) is 4.70. The normalized spacial score (nSPS) is 11.7. The van der Waals surface area contributed by atoms with Crippen molar-refractivity contribution < 1.29 is 28.9 Å². The molecule has 0 aromatic carbocycles. The van der Waals surface area contributed by atoms with Gasteiger partial charge in [0.05, 0.1) is 13.0 Å². The number of aliphatic hydroxyl groups excluding tert-OH is 1. The van der Waals surface area contributed by atoms with E-state index in [1.165, 1.54) is 14.0 Å². The Bertz CT molecular complexity index is 273. The van der Waals surface area contributed by atoms with Crippen LogP contribution in [0.15, 0.2) is 12.2 Å². The average Bonchev–Trinajstić information content (AvgIpc) is 2.30. The molecule has 6 heteroatoms. The number of rotatable bonds is 8. The topological polar surface area (TPSA) is 82.1 Å². The van der Waals surface area contributed by atoms with Crippen molar-refractivity contribution in [1.29, 1.82) is 0 Å². The molecule has 0 aliphatic carbocycles. The number of ether oxygens (including phenoxy) is 3. The highest BCUT2D eigenvalue weighted by Gasteiger charge is 2.11. The third kappa shape index (κ3) is 8.41. The van der Waals surface area contributed by atoms with Crippen LogP contribution in [-0.2, 0) is 23.8 Å². The van der Waals surface area contributed by atoms with Crippen LogP contribution in [0.5, 0.6) is 0 Å². The molecule has 0 aliphatic heterocycles. The number of hydrogen-bond acceptors (Lipinski definition) is 6. The average molecular weight is 246 g/mol. The van der Waals surface area contributed by atoms with E-state index in [0.29, 0.717) is 0 Å². The van der Waals surface area contributed by atoms with E-state index >= 15 is 0 Å². The summed E-state index contributed by atoms with van der Waals surface area (Å²) >= 11 is 0. The Morgan fingerprint density at radius 2 is 1.88 bits per heavy atom. The number of methoxy groups -OCH3 is 1. The fraction of sp³-hybridized carbons (Fsp3) is 0.636. The molecule has 0 fully saturated rings. The number of aliphatic hydroxyl groups is 1. The molecule has 0 aliphatic rings. The van der Waals surface area contributed by atoms with E-state index in [-0.39, 0.29) is 31.8 Å². The molecule has 98 valence electrons. The maximum Gasteiger partial charge on any atom is 0.333 e. The Balaban J connectivity index is 3.65. The first-order valence-electron chi connectivity index (χ1n) is 5.12. The second-order valence-corrected chi connectivity index (χ2v) is 3.46. The number of esters is 2.